The zero-order valence-corrected chi connectivity index (χ0v) is 18.1. The molecule has 0 spiro atoms. The van der Waals surface area contributed by atoms with E-state index in [2.05, 4.69) is 52.3 Å². The number of likely N-dealkylation sites (tertiary alicyclic amines) is 2. The van der Waals surface area contributed by atoms with Crippen LogP contribution in [-0.4, -0.2) is 49.0 Å². The molecule has 4 heteroatoms. The van der Waals surface area contributed by atoms with Crippen LogP contribution in [0.3, 0.4) is 0 Å². The molecule has 160 valence electrons. The second kappa shape index (κ2) is 10.1. The van der Waals surface area contributed by atoms with E-state index in [4.69, 9.17) is 4.74 Å². The number of piperidine rings is 2. The van der Waals surface area contributed by atoms with Gasteiger partial charge in [-0.05, 0) is 67.8 Å². The van der Waals surface area contributed by atoms with E-state index in [0.29, 0.717) is 11.8 Å². The molecule has 1 amide bonds. The van der Waals surface area contributed by atoms with Crippen LogP contribution in [0.5, 0.6) is 5.75 Å². The topological polar surface area (TPSA) is 32.8 Å². The Balaban J connectivity index is 1.27. The van der Waals surface area contributed by atoms with Gasteiger partial charge in [0.05, 0.1) is 13.0 Å². The van der Waals surface area contributed by atoms with Crippen LogP contribution < -0.4 is 4.74 Å². The number of hydrogen-bond acceptors (Lipinski definition) is 3. The standard InChI is InChI=1S/C26H34N2O2/c1-30-25-11-5-9-23(18-25)19-27-14-6-10-24(20-27)26(29)28-15-12-22(13-16-28)17-21-7-3-2-4-8-21/h2-5,7-9,11,18,22,24H,6,10,12-17,19-20H2,1H3/t24-/m1/s1. The summed E-state index contributed by atoms with van der Waals surface area (Å²) in [5.74, 6) is 2.13. The quantitative estimate of drug-likeness (QED) is 0.713. The van der Waals surface area contributed by atoms with E-state index in [0.717, 1.165) is 70.6 Å². The zero-order valence-electron chi connectivity index (χ0n) is 18.1. The molecule has 2 aliphatic heterocycles. The molecule has 2 saturated heterocycles. The predicted molar refractivity (Wildman–Crippen MR) is 120 cm³/mol. The summed E-state index contributed by atoms with van der Waals surface area (Å²) < 4.78 is 5.35. The summed E-state index contributed by atoms with van der Waals surface area (Å²) in [5, 5.41) is 0. The number of hydrogen-bond donors (Lipinski definition) is 0. The molecule has 2 aromatic rings. The maximum Gasteiger partial charge on any atom is 0.226 e. The summed E-state index contributed by atoms with van der Waals surface area (Å²) in [6, 6.07) is 19.0. The average molecular weight is 407 g/mol. The smallest absolute Gasteiger partial charge is 0.226 e. The van der Waals surface area contributed by atoms with E-state index >= 15 is 0 Å². The minimum Gasteiger partial charge on any atom is -0.497 e. The van der Waals surface area contributed by atoms with E-state index < -0.39 is 0 Å². The Labute approximate surface area is 180 Å². The van der Waals surface area contributed by atoms with Crippen molar-refractivity contribution in [3.05, 3.63) is 65.7 Å². The average Bonchev–Trinajstić information content (AvgIpc) is 2.80. The van der Waals surface area contributed by atoms with Gasteiger partial charge in [0.2, 0.25) is 5.91 Å². The molecule has 4 rings (SSSR count). The fourth-order valence-electron chi connectivity index (χ4n) is 4.99. The molecular weight excluding hydrogens is 372 g/mol. The first kappa shape index (κ1) is 20.9. The van der Waals surface area contributed by atoms with Crippen LogP contribution in [0.1, 0.15) is 36.8 Å². The molecule has 0 saturated carbocycles. The van der Waals surface area contributed by atoms with E-state index in [9.17, 15) is 4.79 Å². The Morgan fingerprint density at radius 3 is 2.50 bits per heavy atom. The van der Waals surface area contributed by atoms with Crippen LogP contribution in [0.25, 0.3) is 0 Å². The molecule has 0 radical (unpaired) electrons. The molecule has 2 aliphatic rings. The van der Waals surface area contributed by atoms with Gasteiger partial charge in [0.15, 0.2) is 0 Å². The number of carbonyl (C=O) groups excluding carboxylic acids is 1. The lowest BCUT2D eigenvalue weighted by Crippen LogP contribution is -2.47. The van der Waals surface area contributed by atoms with Crippen molar-refractivity contribution >= 4 is 5.91 Å². The molecule has 1 atom stereocenters. The van der Waals surface area contributed by atoms with Gasteiger partial charge in [-0.1, -0.05) is 42.5 Å². The number of carbonyl (C=O) groups is 1. The van der Waals surface area contributed by atoms with Gasteiger partial charge < -0.3 is 9.64 Å². The highest BCUT2D eigenvalue weighted by molar-refractivity contribution is 5.79. The molecule has 2 aromatic carbocycles. The predicted octanol–water partition coefficient (Wildman–Crippen LogP) is 4.39. The summed E-state index contributed by atoms with van der Waals surface area (Å²) in [6.45, 7) is 4.67. The number of amides is 1. The van der Waals surface area contributed by atoms with Crippen molar-refractivity contribution in [2.24, 2.45) is 11.8 Å². The molecule has 0 aromatic heterocycles. The molecule has 0 unspecified atom stereocenters. The van der Waals surface area contributed by atoms with Gasteiger partial charge in [0.25, 0.3) is 0 Å². The summed E-state index contributed by atoms with van der Waals surface area (Å²) in [6.07, 6.45) is 5.52. The van der Waals surface area contributed by atoms with Crippen LogP contribution in [0.15, 0.2) is 54.6 Å². The molecule has 2 heterocycles. The molecule has 30 heavy (non-hydrogen) atoms. The van der Waals surface area contributed by atoms with Gasteiger partial charge in [0, 0.05) is 26.2 Å². The highest BCUT2D eigenvalue weighted by Gasteiger charge is 2.31. The summed E-state index contributed by atoms with van der Waals surface area (Å²) in [7, 11) is 1.71. The van der Waals surface area contributed by atoms with E-state index in [-0.39, 0.29) is 5.92 Å². The molecule has 2 fully saturated rings. The van der Waals surface area contributed by atoms with Crippen molar-refractivity contribution in [1.82, 2.24) is 9.80 Å². The van der Waals surface area contributed by atoms with Crippen LogP contribution in [0.2, 0.25) is 0 Å². The lowest BCUT2D eigenvalue weighted by Gasteiger charge is -2.38. The molecule has 0 aliphatic carbocycles. The Hall–Kier alpha value is -2.33. The lowest BCUT2D eigenvalue weighted by molar-refractivity contribution is -0.138. The van der Waals surface area contributed by atoms with Crippen molar-refractivity contribution in [2.45, 2.75) is 38.6 Å². The summed E-state index contributed by atoms with van der Waals surface area (Å²) >= 11 is 0. The van der Waals surface area contributed by atoms with Crippen LogP contribution >= 0.6 is 0 Å². The maximum atomic E-state index is 13.2. The van der Waals surface area contributed by atoms with Gasteiger partial charge in [-0.15, -0.1) is 0 Å². The molecule has 0 bridgehead atoms. The number of ether oxygens (including phenoxy) is 1. The van der Waals surface area contributed by atoms with Crippen LogP contribution in [-0.2, 0) is 17.8 Å². The van der Waals surface area contributed by atoms with E-state index in [1.54, 1.807) is 7.11 Å². The minimum absolute atomic E-state index is 0.148. The van der Waals surface area contributed by atoms with Crippen molar-refractivity contribution in [1.29, 1.82) is 0 Å². The van der Waals surface area contributed by atoms with Crippen molar-refractivity contribution in [3.63, 3.8) is 0 Å². The molecular formula is C26H34N2O2. The van der Waals surface area contributed by atoms with Crippen molar-refractivity contribution < 1.29 is 9.53 Å². The zero-order chi connectivity index (χ0) is 20.8. The number of methoxy groups -OCH3 is 1. The fourth-order valence-corrected chi connectivity index (χ4v) is 4.99. The highest BCUT2D eigenvalue weighted by atomic mass is 16.5. The Bertz CT molecular complexity index is 815. The molecule has 4 nitrogen and oxygen atoms in total. The second-order valence-corrected chi connectivity index (χ2v) is 8.88. The third-order valence-corrected chi connectivity index (χ3v) is 6.69. The monoisotopic (exact) mass is 406 g/mol. The van der Waals surface area contributed by atoms with Crippen LogP contribution in [0, 0.1) is 11.8 Å². The van der Waals surface area contributed by atoms with Crippen molar-refractivity contribution in [3.8, 4) is 5.75 Å². The lowest BCUT2D eigenvalue weighted by atomic mass is 9.89. The van der Waals surface area contributed by atoms with Gasteiger partial charge >= 0.3 is 0 Å². The summed E-state index contributed by atoms with van der Waals surface area (Å²) in [4.78, 5) is 17.8. The van der Waals surface area contributed by atoms with Gasteiger partial charge in [-0.25, -0.2) is 0 Å². The van der Waals surface area contributed by atoms with Crippen molar-refractivity contribution in [2.75, 3.05) is 33.3 Å². The third-order valence-electron chi connectivity index (χ3n) is 6.69. The van der Waals surface area contributed by atoms with E-state index in [1.807, 2.05) is 12.1 Å². The number of nitrogens with zero attached hydrogens (tertiary/aromatic N) is 2. The Kier molecular flexibility index (Phi) is 7.06. The Morgan fingerprint density at radius 2 is 1.73 bits per heavy atom. The molecule has 0 N–H and O–H groups in total. The fraction of sp³-hybridized carbons (Fsp3) is 0.500. The van der Waals surface area contributed by atoms with E-state index in [1.165, 1.54) is 11.1 Å². The first-order chi connectivity index (χ1) is 14.7. The first-order valence-electron chi connectivity index (χ1n) is 11.4. The SMILES string of the molecule is COc1cccc(CN2CCC[C@@H](C(=O)N3CCC(Cc4ccccc4)CC3)C2)c1. The van der Waals surface area contributed by atoms with Crippen LogP contribution in [0.4, 0.5) is 0 Å². The van der Waals surface area contributed by atoms with Gasteiger partial charge in [-0.3, -0.25) is 9.69 Å². The highest BCUT2D eigenvalue weighted by Crippen LogP contribution is 2.26. The third kappa shape index (κ3) is 5.42. The minimum atomic E-state index is 0.148. The summed E-state index contributed by atoms with van der Waals surface area (Å²) in [5.41, 5.74) is 2.67. The first-order valence-corrected chi connectivity index (χ1v) is 11.4. The number of rotatable bonds is 6. The largest absolute Gasteiger partial charge is 0.497 e. The normalized spacial score (nSPS) is 20.8. The number of benzene rings is 2. The second-order valence-electron chi connectivity index (χ2n) is 8.88. The van der Waals surface area contributed by atoms with Gasteiger partial charge in [-0.2, -0.15) is 0 Å². The Morgan fingerprint density at radius 1 is 0.967 bits per heavy atom. The maximum absolute atomic E-state index is 13.2. The van der Waals surface area contributed by atoms with Gasteiger partial charge in [0.1, 0.15) is 5.75 Å².